The molecule has 1 heterocycles. The van der Waals surface area contributed by atoms with Gasteiger partial charge in [0.1, 0.15) is 0 Å². The smallest absolute Gasteiger partial charge is 0.269 e. The third-order valence-corrected chi connectivity index (χ3v) is 6.12. The van der Waals surface area contributed by atoms with Crippen LogP contribution < -0.4 is 0 Å². The lowest BCUT2D eigenvalue weighted by Crippen LogP contribution is -2.01. The number of nitro benzene ring substituents is 1. The van der Waals surface area contributed by atoms with Crippen LogP contribution in [0.15, 0.2) is 125 Å². The summed E-state index contributed by atoms with van der Waals surface area (Å²) in [4.78, 5) is 15.6. The van der Waals surface area contributed by atoms with E-state index < -0.39 is 0 Å². The second kappa shape index (κ2) is 9.91. The van der Waals surface area contributed by atoms with Gasteiger partial charge in [0.15, 0.2) is 0 Å². The Morgan fingerprint density at radius 1 is 0.771 bits per heavy atom. The topological polar surface area (TPSA) is 60.4 Å². The number of rotatable bonds is 6. The lowest BCUT2D eigenvalue weighted by molar-refractivity contribution is -0.384. The first-order valence-electron chi connectivity index (χ1n) is 11.0. The van der Waals surface area contributed by atoms with Crippen LogP contribution in [0.4, 0.5) is 11.4 Å². The summed E-state index contributed by atoms with van der Waals surface area (Å²) in [5, 5.41) is 11.3. The fourth-order valence-corrected chi connectivity index (χ4v) is 4.42. The van der Waals surface area contributed by atoms with Gasteiger partial charge in [0, 0.05) is 34.1 Å². The molecule has 0 amide bonds. The van der Waals surface area contributed by atoms with Crippen molar-refractivity contribution in [2.75, 3.05) is 0 Å². The predicted octanol–water partition coefficient (Wildman–Crippen LogP) is 8.23. The highest BCUT2D eigenvalue weighted by atomic mass is 79.9. The minimum atomic E-state index is -0.383. The molecule has 35 heavy (non-hydrogen) atoms. The summed E-state index contributed by atoms with van der Waals surface area (Å²) in [6, 6.07) is 36.8. The first-order valence-corrected chi connectivity index (χ1v) is 11.8. The first kappa shape index (κ1) is 22.5. The number of nitrogens with zero attached hydrogens (tertiary/aromatic N) is 3. The summed E-state index contributed by atoms with van der Waals surface area (Å²) in [6.07, 6.45) is 1.87. The van der Waals surface area contributed by atoms with E-state index in [-0.39, 0.29) is 10.6 Å². The number of non-ortho nitro benzene ring substituents is 1. The Morgan fingerprint density at radius 2 is 1.43 bits per heavy atom. The fraction of sp³-hybridized carbons (Fsp3) is 0. The molecular weight excluding hydrogens is 502 g/mol. The second-order valence-corrected chi connectivity index (χ2v) is 8.83. The van der Waals surface area contributed by atoms with Gasteiger partial charge in [-0.1, -0.05) is 82.7 Å². The zero-order chi connectivity index (χ0) is 24.2. The number of hydrogen-bond donors (Lipinski definition) is 0. The number of nitro groups is 1. The summed E-state index contributed by atoms with van der Waals surface area (Å²) in [7, 11) is 0. The molecule has 0 unspecified atom stereocenters. The Balaban J connectivity index is 1.76. The van der Waals surface area contributed by atoms with Crippen LogP contribution in [0.2, 0.25) is 0 Å². The van der Waals surface area contributed by atoms with Gasteiger partial charge in [-0.2, -0.15) is 0 Å². The van der Waals surface area contributed by atoms with Gasteiger partial charge in [0.25, 0.3) is 5.69 Å². The SMILES string of the molecule is O=[N+]([O-])c1ccc(-n2c(-c3ccccc3)cc(C=Nc3cccc(Br)c3)c2-c2ccccc2)cc1. The van der Waals surface area contributed by atoms with E-state index in [1.165, 1.54) is 12.1 Å². The molecule has 0 fully saturated rings. The zero-order valence-corrected chi connectivity index (χ0v) is 20.2. The molecule has 170 valence electrons. The van der Waals surface area contributed by atoms with Crippen LogP contribution in [0.1, 0.15) is 5.56 Å². The summed E-state index contributed by atoms with van der Waals surface area (Å²) in [5.74, 6) is 0. The molecule has 0 aliphatic carbocycles. The minimum Gasteiger partial charge on any atom is -0.309 e. The highest BCUT2D eigenvalue weighted by Gasteiger charge is 2.19. The molecule has 1 aromatic heterocycles. The fourth-order valence-electron chi connectivity index (χ4n) is 4.03. The Morgan fingerprint density at radius 3 is 2.06 bits per heavy atom. The van der Waals surface area contributed by atoms with E-state index in [1.807, 2.05) is 66.9 Å². The zero-order valence-electron chi connectivity index (χ0n) is 18.6. The van der Waals surface area contributed by atoms with Crippen LogP contribution in [0.3, 0.4) is 0 Å². The molecule has 0 aliphatic heterocycles. The minimum absolute atomic E-state index is 0.0554. The van der Waals surface area contributed by atoms with Crippen molar-refractivity contribution in [3.63, 3.8) is 0 Å². The van der Waals surface area contributed by atoms with Crippen molar-refractivity contribution in [2.45, 2.75) is 0 Å². The van der Waals surface area contributed by atoms with Crippen molar-refractivity contribution in [2.24, 2.45) is 4.99 Å². The molecule has 0 radical (unpaired) electrons. The van der Waals surface area contributed by atoms with Crippen LogP contribution in [0, 0.1) is 10.1 Å². The summed E-state index contributed by atoms with van der Waals surface area (Å²) < 4.78 is 3.10. The second-order valence-electron chi connectivity index (χ2n) is 7.91. The molecule has 5 nitrogen and oxygen atoms in total. The molecule has 0 spiro atoms. The number of hydrogen-bond acceptors (Lipinski definition) is 3. The molecule has 0 saturated carbocycles. The van der Waals surface area contributed by atoms with Gasteiger partial charge in [0.2, 0.25) is 0 Å². The van der Waals surface area contributed by atoms with Crippen molar-refractivity contribution in [3.05, 3.63) is 135 Å². The predicted molar refractivity (Wildman–Crippen MR) is 145 cm³/mol. The molecule has 4 aromatic carbocycles. The Labute approximate surface area is 211 Å². The van der Waals surface area contributed by atoms with Gasteiger partial charge in [-0.05, 0) is 47.5 Å². The standard InChI is InChI=1S/C29H20BrN3O2/c30-24-12-7-13-25(19-24)31-20-23-18-28(21-8-3-1-4-9-21)32(29(23)22-10-5-2-6-11-22)26-14-16-27(17-15-26)33(34)35/h1-20H. The Kier molecular flexibility index (Phi) is 6.37. The molecular formula is C29H20BrN3O2. The average molecular weight is 522 g/mol. The maximum atomic E-state index is 11.3. The van der Waals surface area contributed by atoms with Crippen molar-refractivity contribution >= 4 is 33.5 Å². The maximum absolute atomic E-state index is 11.3. The van der Waals surface area contributed by atoms with Gasteiger partial charge in [-0.3, -0.25) is 15.1 Å². The van der Waals surface area contributed by atoms with Crippen LogP contribution in [-0.4, -0.2) is 15.7 Å². The van der Waals surface area contributed by atoms with Gasteiger partial charge in [-0.25, -0.2) is 0 Å². The van der Waals surface area contributed by atoms with Gasteiger partial charge in [0.05, 0.1) is 22.0 Å². The van der Waals surface area contributed by atoms with Crippen LogP contribution in [-0.2, 0) is 0 Å². The van der Waals surface area contributed by atoms with Crippen molar-refractivity contribution in [1.82, 2.24) is 4.57 Å². The highest BCUT2D eigenvalue weighted by Crippen LogP contribution is 2.36. The van der Waals surface area contributed by atoms with Crippen molar-refractivity contribution in [3.8, 4) is 28.2 Å². The third-order valence-electron chi connectivity index (χ3n) is 5.63. The molecule has 6 heteroatoms. The largest absolute Gasteiger partial charge is 0.309 e. The van der Waals surface area contributed by atoms with E-state index in [2.05, 4.69) is 50.8 Å². The molecule has 0 aliphatic rings. The van der Waals surface area contributed by atoms with Crippen LogP contribution in [0.25, 0.3) is 28.2 Å². The maximum Gasteiger partial charge on any atom is 0.269 e. The van der Waals surface area contributed by atoms with Crippen LogP contribution in [0.5, 0.6) is 0 Å². The third kappa shape index (κ3) is 4.83. The molecule has 0 N–H and O–H groups in total. The number of halogens is 1. The summed E-state index contributed by atoms with van der Waals surface area (Å²) >= 11 is 3.51. The van der Waals surface area contributed by atoms with E-state index in [9.17, 15) is 10.1 Å². The Hall–Kier alpha value is -4.29. The number of aromatic nitrogens is 1. The van der Waals surface area contributed by atoms with E-state index in [0.29, 0.717) is 0 Å². The van der Waals surface area contributed by atoms with Gasteiger partial charge >= 0.3 is 0 Å². The highest BCUT2D eigenvalue weighted by molar-refractivity contribution is 9.10. The van der Waals surface area contributed by atoms with Crippen LogP contribution >= 0.6 is 15.9 Å². The molecule has 0 atom stereocenters. The Bertz CT molecular complexity index is 1510. The lowest BCUT2D eigenvalue weighted by Gasteiger charge is -2.15. The van der Waals surface area contributed by atoms with E-state index in [1.54, 1.807) is 12.1 Å². The quantitative estimate of drug-likeness (QED) is 0.128. The van der Waals surface area contributed by atoms with E-state index >= 15 is 0 Å². The van der Waals surface area contributed by atoms with E-state index in [4.69, 9.17) is 4.99 Å². The van der Waals surface area contributed by atoms with Gasteiger partial charge < -0.3 is 4.57 Å². The average Bonchev–Trinajstić information content (AvgIpc) is 3.28. The number of benzene rings is 4. The summed E-state index contributed by atoms with van der Waals surface area (Å²) in [5.41, 5.74) is 6.63. The first-order chi connectivity index (χ1) is 17.1. The molecule has 0 saturated heterocycles. The normalized spacial score (nSPS) is 11.1. The van der Waals surface area contributed by atoms with Gasteiger partial charge in [-0.15, -0.1) is 0 Å². The monoisotopic (exact) mass is 521 g/mol. The van der Waals surface area contributed by atoms with E-state index in [0.717, 1.165) is 43.9 Å². The molecule has 5 rings (SSSR count). The van der Waals surface area contributed by atoms with Crippen molar-refractivity contribution in [1.29, 1.82) is 0 Å². The van der Waals surface area contributed by atoms with Crippen molar-refractivity contribution < 1.29 is 4.92 Å². The molecule has 5 aromatic rings. The molecule has 0 bridgehead atoms. The lowest BCUT2D eigenvalue weighted by atomic mass is 10.1. The number of aliphatic imine (C=N–C) groups is 1. The summed E-state index contributed by atoms with van der Waals surface area (Å²) in [6.45, 7) is 0.